The molecule has 0 saturated carbocycles. The fraction of sp³-hybridized carbons (Fsp3) is 0.378. The molecule has 3 aromatic rings. The zero-order chi connectivity index (χ0) is 32.3. The van der Waals surface area contributed by atoms with E-state index < -0.39 is 17.4 Å². The molecule has 1 unspecified atom stereocenters. The maximum Gasteiger partial charge on any atom is 0.264 e. The van der Waals surface area contributed by atoms with Crippen LogP contribution in [0.2, 0.25) is 0 Å². The number of carbonyl (C=O) groups is 3. The summed E-state index contributed by atoms with van der Waals surface area (Å²) in [6, 6.07) is 22.5. The Morgan fingerprint density at radius 2 is 1.85 bits per heavy atom. The molecule has 3 amide bonds. The number of hydrogen-bond donors (Lipinski definition) is 4. The number of benzene rings is 3. The molecule has 46 heavy (non-hydrogen) atoms. The van der Waals surface area contributed by atoms with E-state index in [1.807, 2.05) is 54.6 Å². The maximum absolute atomic E-state index is 14.1. The van der Waals surface area contributed by atoms with Gasteiger partial charge < -0.3 is 30.6 Å². The zero-order valence-corrected chi connectivity index (χ0v) is 26.2. The molecule has 0 bridgehead atoms. The van der Waals surface area contributed by atoms with Gasteiger partial charge in [0.05, 0.1) is 30.8 Å². The van der Waals surface area contributed by atoms with E-state index in [1.165, 1.54) is 0 Å². The third kappa shape index (κ3) is 6.23. The largest absolute Gasteiger partial charge is 0.394 e. The summed E-state index contributed by atoms with van der Waals surface area (Å²) >= 11 is 0. The minimum Gasteiger partial charge on any atom is -0.394 e. The number of anilines is 2. The Balaban J connectivity index is 1.23. The molecule has 0 aliphatic carbocycles. The molecule has 1 fully saturated rings. The highest BCUT2D eigenvalue weighted by molar-refractivity contribution is 6.08. The van der Waals surface area contributed by atoms with Gasteiger partial charge in [0.25, 0.3) is 5.91 Å². The number of piperidine rings is 1. The number of nitrogens with one attached hydrogen (secondary N) is 2. The highest BCUT2D eigenvalue weighted by atomic mass is 16.3. The number of hydrogen-bond acceptors (Lipinski definition) is 6. The van der Waals surface area contributed by atoms with Gasteiger partial charge in [0.1, 0.15) is 0 Å². The third-order valence-corrected chi connectivity index (χ3v) is 9.65. The van der Waals surface area contributed by atoms with E-state index in [0.717, 1.165) is 36.1 Å². The maximum atomic E-state index is 14.1. The number of aliphatic hydroxyl groups excluding tert-OH is 1. The number of carbonyl (C=O) groups excluding carboxylic acids is 3. The van der Waals surface area contributed by atoms with Crippen LogP contribution in [0, 0.1) is 11.8 Å². The van der Waals surface area contributed by atoms with Crippen molar-refractivity contribution in [1.29, 1.82) is 0 Å². The highest BCUT2D eigenvalue weighted by Gasteiger charge is 2.52. The van der Waals surface area contributed by atoms with Crippen molar-refractivity contribution in [3.63, 3.8) is 0 Å². The van der Waals surface area contributed by atoms with Crippen LogP contribution >= 0.6 is 0 Å². The lowest BCUT2D eigenvalue weighted by molar-refractivity contribution is -0.139. The van der Waals surface area contributed by atoms with E-state index in [-0.39, 0.29) is 43.3 Å². The van der Waals surface area contributed by atoms with Gasteiger partial charge in [-0.1, -0.05) is 73.7 Å². The van der Waals surface area contributed by atoms with Crippen LogP contribution in [-0.2, 0) is 39.5 Å². The van der Waals surface area contributed by atoms with Crippen molar-refractivity contribution in [2.75, 3.05) is 29.9 Å². The molecule has 1 saturated heterocycles. The van der Waals surface area contributed by atoms with Crippen LogP contribution < -0.4 is 15.5 Å². The lowest BCUT2D eigenvalue weighted by Crippen LogP contribution is -2.46. The molecule has 3 aliphatic heterocycles. The summed E-state index contributed by atoms with van der Waals surface area (Å²) in [5, 5.41) is 28.5. The van der Waals surface area contributed by atoms with Crippen LogP contribution in [-0.4, -0.2) is 58.6 Å². The second-order valence-corrected chi connectivity index (χ2v) is 12.7. The average molecular weight is 623 g/mol. The minimum absolute atomic E-state index is 0.0688. The molecule has 240 valence electrons. The first-order valence-corrected chi connectivity index (χ1v) is 16.2. The van der Waals surface area contributed by atoms with Crippen molar-refractivity contribution in [2.24, 2.45) is 11.8 Å². The fourth-order valence-electron chi connectivity index (χ4n) is 6.94. The van der Waals surface area contributed by atoms with Gasteiger partial charge >= 0.3 is 0 Å². The van der Waals surface area contributed by atoms with E-state index in [2.05, 4.69) is 10.6 Å². The fourth-order valence-corrected chi connectivity index (χ4v) is 6.94. The van der Waals surface area contributed by atoms with Gasteiger partial charge in [-0.3, -0.25) is 14.4 Å². The number of nitrogens with zero attached hydrogens (tertiary/aromatic N) is 2. The molecule has 6 rings (SSSR count). The summed E-state index contributed by atoms with van der Waals surface area (Å²) in [7, 11) is 0. The Labute approximate surface area is 269 Å². The second kappa shape index (κ2) is 13.6. The number of aliphatic hydroxyl groups is 2. The summed E-state index contributed by atoms with van der Waals surface area (Å²) in [6.07, 6.45) is 5.82. The number of amides is 3. The summed E-state index contributed by atoms with van der Waals surface area (Å²) in [6.45, 7) is 3.87. The van der Waals surface area contributed by atoms with Gasteiger partial charge in [-0.05, 0) is 60.7 Å². The standard InChI is InChI=1S/C37H42N4O5/c1-25(9-7-15-34(43)40-23-29-13-6-5-12-27(29)19-31(40)24-42)37(46)32-20-30(39-35(44)28-14-8-18-38-21-28)16-17-33(32)41(36(37)45)22-26-10-3-2-4-11-26/h2-7,9-13,16-17,20,25,28,31,38,42,46H,8,14-15,18-19,21-24H2,1H3,(H,39,44)/b9-7+/t25-,28?,31-,37+/m0/s1. The van der Waals surface area contributed by atoms with E-state index in [0.29, 0.717) is 36.4 Å². The monoisotopic (exact) mass is 622 g/mol. The van der Waals surface area contributed by atoms with Crippen LogP contribution in [0.3, 0.4) is 0 Å². The van der Waals surface area contributed by atoms with Gasteiger partial charge in [0.15, 0.2) is 5.60 Å². The SMILES string of the molecule is C[C@@H](/C=C/CC(=O)N1Cc2ccccc2C[C@H]1CO)[C@]1(O)C(=O)N(Cc2ccccc2)c2ccc(NC(=O)C3CCCNC3)cc21. The van der Waals surface area contributed by atoms with E-state index in [1.54, 1.807) is 47.1 Å². The molecule has 0 radical (unpaired) electrons. The summed E-state index contributed by atoms with van der Waals surface area (Å²) in [5.41, 5.74) is 2.75. The Kier molecular flexibility index (Phi) is 9.35. The molecule has 3 heterocycles. The van der Waals surface area contributed by atoms with Gasteiger partial charge in [-0.2, -0.15) is 0 Å². The molecular weight excluding hydrogens is 580 g/mol. The molecule has 9 heteroatoms. The zero-order valence-electron chi connectivity index (χ0n) is 26.2. The molecule has 0 aromatic heterocycles. The average Bonchev–Trinajstić information content (AvgIpc) is 3.30. The molecule has 9 nitrogen and oxygen atoms in total. The summed E-state index contributed by atoms with van der Waals surface area (Å²) < 4.78 is 0. The van der Waals surface area contributed by atoms with E-state index in [4.69, 9.17) is 0 Å². The van der Waals surface area contributed by atoms with Crippen molar-refractivity contribution in [2.45, 2.75) is 57.3 Å². The quantitative estimate of drug-likeness (QED) is 0.269. The van der Waals surface area contributed by atoms with Crippen molar-refractivity contribution >= 4 is 29.1 Å². The normalized spacial score (nSPS) is 23.2. The van der Waals surface area contributed by atoms with Crippen LogP contribution in [0.4, 0.5) is 11.4 Å². The first-order valence-electron chi connectivity index (χ1n) is 16.2. The Morgan fingerprint density at radius 1 is 1.09 bits per heavy atom. The van der Waals surface area contributed by atoms with E-state index >= 15 is 0 Å². The van der Waals surface area contributed by atoms with Crippen LogP contribution in [0.25, 0.3) is 0 Å². The molecule has 0 spiro atoms. The molecule has 3 aliphatic rings. The first-order chi connectivity index (χ1) is 22.3. The lowest BCUT2D eigenvalue weighted by atomic mass is 9.82. The smallest absolute Gasteiger partial charge is 0.264 e. The van der Waals surface area contributed by atoms with Gasteiger partial charge in [-0.15, -0.1) is 0 Å². The van der Waals surface area contributed by atoms with Crippen molar-refractivity contribution in [1.82, 2.24) is 10.2 Å². The van der Waals surface area contributed by atoms with Gasteiger partial charge in [-0.25, -0.2) is 0 Å². The summed E-state index contributed by atoms with van der Waals surface area (Å²) in [4.78, 5) is 43.8. The highest BCUT2D eigenvalue weighted by Crippen LogP contribution is 2.47. The van der Waals surface area contributed by atoms with Crippen LogP contribution in [0.1, 0.15) is 48.4 Å². The predicted octanol–water partition coefficient (Wildman–Crippen LogP) is 3.89. The van der Waals surface area contributed by atoms with Gasteiger partial charge in [0, 0.05) is 36.7 Å². The molecule has 4 atom stereocenters. The van der Waals surface area contributed by atoms with Crippen molar-refractivity contribution in [3.05, 3.63) is 107 Å². The minimum atomic E-state index is -1.91. The second-order valence-electron chi connectivity index (χ2n) is 12.7. The lowest BCUT2D eigenvalue weighted by Gasteiger charge is -2.36. The third-order valence-electron chi connectivity index (χ3n) is 9.65. The molecular formula is C37H42N4O5. The molecule has 3 aromatic carbocycles. The van der Waals surface area contributed by atoms with E-state index in [9.17, 15) is 24.6 Å². The molecule has 4 N–H and O–H groups in total. The topological polar surface area (TPSA) is 122 Å². The number of rotatable bonds is 9. The first kappa shape index (κ1) is 31.7. The van der Waals surface area contributed by atoms with Crippen molar-refractivity contribution in [3.8, 4) is 0 Å². The Morgan fingerprint density at radius 3 is 2.59 bits per heavy atom. The Hall–Kier alpha value is -4.31. The number of fused-ring (bicyclic) bond motifs is 2. The predicted molar refractivity (Wildman–Crippen MR) is 177 cm³/mol. The van der Waals surface area contributed by atoms with Gasteiger partial charge in [0.2, 0.25) is 11.8 Å². The van der Waals surface area contributed by atoms with Crippen LogP contribution in [0.5, 0.6) is 0 Å². The Bertz CT molecular complexity index is 1620. The van der Waals surface area contributed by atoms with Crippen molar-refractivity contribution < 1.29 is 24.6 Å². The summed E-state index contributed by atoms with van der Waals surface area (Å²) in [5.74, 6) is -1.50. The van der Waals surface area contributed by atoms with Crippen LogP contribution in [0.15, 0.2) is 84.9 Å².